The Morgan fingerprint density at radius 3 is 2.71 bits per heavy atom. The summed E-state index contributed by atoms with van der Waals surface area (Å²) in [5.41, 5.74) is 1.14. The second kappa shape index (κ2) is 5.55. The van der Waals surface area contributed by atoms with Crippen molar-refractivity contribution in [3.05, 3.63) is 29.8 Å². The second-order valence-electron chi connectivity index (χ2n) is 3.38. The molecule has 0 amide bonds. The van der Waals surface area contributed by atoms with E-state index in [4.69, 9.17) is 5.26 Å². The van der Waals surface area contributed by atoms with Gasteiger partial charge in [-0.1, -0.05) is 6.07 Å². The standard InChI is InChI=1S/C11H11F3N2O/c1-16(5-6-17-11(12,13)14)10-4-2-3-9(7-10)8-15/h2-4,7H,5-6H2,1H3. The number of likely N-dealkylation sites (N-methyl/N-ethyl adjacent to an activating group) is 1. The van der Waals surface area contributed by atoms with Crippen LogP contribution in [0.5, 0.6) is 0 Å². The van der Waals surface area contributed by atoms with Gasteiger partial charge in [-0.25, -0.2) is 0 Å². The third kappa shape index (κ3) is 4.74. The number of anilines is 1. The Morgan fingerprint density at radius 2 is 2.12 bits per heavy atom. The van der Waals surface area contributed by atoms with Gasteiger partial charge >= 0.3 is 6.36 Å². The van der Waals surface area contributed by atoms with E-state index < -0.39 is 13.0 Å². The van der Waals surface area contributed by atoms with E-state index in [0.29, 0.717) is 11.3 Å². The monoisotopic (exact) mass is 244 g/mol. The number of nitrogens with zero attached hydrogens (tertiary/aromatic N) is 2. The highest BCUT2D eigenvalue weighted by atomic mass is 19.4. The fraction of sp³-hybridized carbons (Fsp3) is 0.364. The van der Waals surface area contributed by atoms with E-state index in [1.165, 1.54) is 0 Å². The Balaban J connectivity index is 2.52. The minimum Gasteiger partial charge on any atom is -0.372 e. The lowest BCUT2D eigenvalue weighted by Gasteiger charge is -2.19. The van der Waals surface area contributed by atoms with Crippen LogP contribution in [-0.4, -0.2) is 26.6 Å². The van der Waals surface area contributed by atoms with Gasteiger partial charge in [-0.05, 0) is 18.2 Å². The zero-order valence-corrected chi connectivity index (χ0v) is 9.16. The van der Waals surface area contributed by atoms with Gasteiger partial charge in [0.25, 0.3) is 0 Å². The summed E-state index contributed by atoms with van der Waals surface area (Å²) in [6.45, 7) is -0.356. The van der Waals surface area contributed by atoms with Crippen LogP contribution in [0.2, 0.25) is 0 Å². The summed E-state index contributed by atoms with van der Waals surface area (Å²) in [5, 5.41) is 8.68. The molecule has 0 spiro atoms. The zero-order chi connectivity index (χ0) is 12.9. The van der Waals surface area contributed by atoms with Gasteiger partial charge in [0.2, 0.25) is 0 Å². The van der Waals surface area contributed by atoms with Gasteiger partial charge in [0, 0.05) is 19.3 Å². The molecule has 1 rings (SSSR count). The SMILES string of the molecule is CN(CCOC(F)(F)F)c1cccc(C#N)c1. The third-order valence-corrected chi connectivity index (χ3v) is 2.11. The first-order chi connectivity index (χ1) is 7.92. The van der Waals surface area contributed by atoms with E-state index in [2.05, 4.69) is 4.74 Å². The van der Waals surface area contributed by atoms with Crippen LogP contribution < -0.4 is 4.90 Å². The van der Waals surface area contributed by atoms with Crippen LogP contribution in [-0.2, 0) is 4.74 Å². The molecule has 0 aliphatic rings. The molecular formula is C11H11F3N2O. The predicted octanol–water partition coefficient (Wildman–Crippen LogP) is 2.53. The van der Waals surface area contributed by atoms with Gasteiger partial charge in [-0.2, -0.15) is 5.26 Å². The summed E-state index contributed by atoms with van der Waals surface area (Å²) in [7, 11) is 1.64. The molecule has 3 nitrogen and oxygen atoms in total. The predicted molar refractivity (Wildman–Crippen MR) is 56.4 cm³/mol. The van der Waals surface area contributed by atoms with Gasteiger partial charge in [0.15, 0.2) is 0 Å². The highest BCUT2D eigenvalue weighted by molar-refractivity contribution is 5.50. The summed E-state index contributed by atoms with van der Waals surface area (Å²) < 4.78 is 38.9. The number of benzene rings is 1. The number of hydrogen-bond donors (Lipinski definition) is 0. The average Bonchev–Trinajstić information content (AvgIpc) is 2.27. The number of halogens is 3. The molecule has 1 aromatic rings. The Kier molecular flexibility index (Phi) is 4.35. The Labute approximate surface area is 97.0 Å². The van der Waals surface area contributed by atoms with Gasteiger partial charge in [0.1, 0.15) is 0 Å². The molecule has 0 radical (unpaired) electrons. The molecule has 17 heavy (non-hydrogen) atoms. The molecule has 0 bridgehead atoms. The minimum atomic E-state index is -4.60. The van der Waals surface area contributed by atoms with E-state index >= 15 is 0 Å². The molecule has 1 aromatic carbocycles. The number of alkyl halides is 3. The molecule has 0 fully saturated rings. The Morgan fingerprint density at radius 1 is 1.41 bits per heavy atom. The van der Waals surface area contributed by atoms with Crippen molar-refractivity contribution in [1.82, 2.24) is 0 Å². The largest absolute Gasteiger partial charge is 0.522 e. The fourth-order valence-electron chi connectivity index (χ4n) is 1.24. The first-order valence-corrected chi connectivity index (χ1v) is 4.84. The van der Waals surface area contributed by atoms with Crippen molar-refractivity contribution in [1.29, 1.82) is 5.26 Å². The molecule has 6 heteroatoms. The maximum atomic E-state index is 11.7. The molecule has 92 valence electrons. The van der Waals surface area contributed by atoms with Gasteiger partial charge in [-0.3, -0.25) is 4.74 Å². The minimum absolute atomic E-state index is 0.0917. The van der Waals surface area contributed by atoms with E-state index in [9.17, 15) is 13.2 Å². The highest BCUT2D eigenvalue weighted by Crippen LogP contribution is 2.17. The van der Waals surface area contributed by atoms with Crippen LogP contribution in [0.4, 0.5) is 18.9 Å². The summed E-state index contributed by atoms with van der Waals surface area (Å²) in [5.74, 6) is 0. The molecule has 0 heterocycles. The van der Waals surface area contributed by atoms with Crippen LogP contribution in [0.3, 0.4) is 0 Å². The molecule has 0 aliphatic carbocycles. The normalized spacial score (nSPS) is 11.0. The van der Waals surface area contributed by atoms with Crippen molar-refractivity contribution in [3.8, 4) is 6.07 Å². The fourth-order valence-corrected chi connectivity index (χ4v) is 1.24. The Bertz CT molecular complexity index is 412. The molecule has 0 saturated heterocycles. The van der Waals surface area contributed by atoms with Crippen molar-refractivity contribution in [3.63, 3.8) is 0 Å². The van der Waals surface area contributed by atoms with Crippen LogP contribution in [0, 0.1) is 11.3 Å². The second-order valence-corrected chi connectivity index (χ2v) is 3.38. The molecular weight excluding hydrogens is 233 g/mol. The molecule has 0 unspecified atom stereocenters. The van der Waals surface area contributed by atoms with Crippen molar-refractivity contribution in [2.24, 2.45) is 0 Å². The lowest BCUT2D eigenvalue weighted by Crippen LogP contribution is -2.26. The van der Waals surface area contributed by atoms with Crippen LogP contribution >= 0.6 is 0 Å². The summed E-state index contributed by atoms with van der Waals surface area (Å²) in [6.07, 6.45) is -4.60. The number of ether oxygens (including phenoxy) is 1. The van der Waals surface area contributed by atoms with Crippen LogP contribution in [0.25, 0.3) is 0 Å². The quantitative estimate of drug-likeness (QED) is 0.816. The summed E-state index contributed by atoms with van der Waals surface area (Å²) in [4.78, 5) is 1.59. The number of rotatable bonds is 4. The summed E-state index contributed by atoms with van der Waals surface area (Å²) >= 11 is 0. The molecule has 0 aromatic heterocycles. The van der Waals surface area contributed by atoms with Gasteiger partial charge in [0.05, 0.1) is 18.2 Å². The van der Waals surface area contributed by atoms with Crippen LogP contribution in [0.1, 0.15) is 5.56 Å². The maximum absolute atomic E-state index is 11.7. The first-order valence-electron chi connectivity index (χ1n) is 4.84. The topological polar surface area (TPSA) is 36.3 Å². The molecule has 0 saturated carbocycles. The van der Waals surface area contributed by atoms with E-state index in [0.717, 1.165) is 0 Å². The van der Waals surface area contributed by atoms with Crippen LogP contribution in [0.15, 0.2) is 24.3 Å². The summed E-state index contributed by atoms with van der Waals surface area (Å²) in [6, 6.07) is 8.59. The highest BCUT2D eigenvalue weighted by Gasteiger charge is 2.28. The van der Waals surface area contributed by atoms with Gasteiger partial charge < -0.3 is 4.90 Å². The maximum Gasteiger partial charge on any atom is 0.522 e. The first kappa shape index (κ1) is 13.3. The van der Waals surface area contributed by atoms with Crippen molar-refractivity contribution in [2.75, 3.05) is 25.1 Å². The zero-order valence-electron chi connectivity index (χ0n) is 9.16. The Hall–Kier alpha value is -1.74. The van der Waals surface area contributed by atoms with Crippen molar-refractivity contribution < 1.29 is 17.9 Å². The average molecular weight is 244 g/mol. The van der Waals surface area contributed by atoms with E-state index in [-0.39, 0.29) is 6.54 Å². The van der Waals surface area contributed by atoms with Crippen molar-refractivity contribution >= 4 is 5.69 Å². The number of hydrogen-bond acceptors (Lipinski definition) is 3. The van der Waals surface area contributed by atoms with E-state index in [1.54, 1.807) is 36.2 Å². The lowest BCUT2D eigenvalue weighted by atomic mass is 10.2. The van der Waals surface area contributed by atoms with Gasteiger partial charge in [-0.15, -0.1) is 13.2 Å². The lowest BCUT2D eigenvalue weighted by molar-refractivity contribution is -0.323. The van der Waals surface area contributed by atoms with E-state index in [1.807, 2.05) is 6.07 Å². The molecule has 0 N–H and O–H groups in total. The number of nitriles is 1. The van der Waals surface area contributed by atoms with Crippen molar-refractivity contribution in [2.45, 2.75) is 6.36 Å². The molecule has 0 atom stereocenters. The third-order valence-electron chi connectivity index (χ3n) is 2.11. The molecule has 0 aliphatic heterocycles. The smallest absolute Gasteiger partial charge is 0.372 e.